The van der Waals surface area contributed by atoms with Crippen LogP contribution in [-0.2, 0) is 28.5 Å². The molecule has 10 nitrogen and oxygen atoms in total. The van der Waals surface area contributed by atoms with Gasteiger partial charge in [0.1, 0.15) is 31.0 Å². The molecule has 1 heterocycles. The number of rotatable bonds is 23. The molecule has 1 aliphatic heterocycles. The van der Waals surface area contributed by atoms with Crippen LogP contribution in [0.2, 0.25) is 0 Å². The van der Waals surface area contributed by atoms with Crippen molar-refractivity contribution in [3.8, 4) is 0 Å². The van der Waals surface area contributed by atoms with Gasteiger partial charge >= 0.3 is 11.9 Å². The molecule has 1 saturated heterocycles. The lowest BCUT2D eigenvalue weighted by molar-refractivity contribution is -0.305. The molecule has 0 aliphatic carbocycles. The van der Waals surface area contributed by atoms with Crippen LogP contribution >= 0.6 is 0 Å². The lowest BCUT2D eigenvalue weighted by Crippen LogP contribution is -2.59. The SMILES string of the molecule is CC/C=C\C/C=C\C/C=C\C/C=C\C/C=C\C/C=C\CCC(=O)OC(COC(=O)CCC)COC1OC(CO)C(O)C(O)C1O. The van der Waals surface area contributed by atoms with Gasteiger partial charge in [-0.05, 0) is 51.4 Å². The zero-order chi connectivity index (χ0) is 33.1. The van der Waals surface area contributed by atoms with Crippen LogP contribution in [0.3, 0.4) is 0 Å². The Hall–Kier alpha value is -2.86. The predicted octanol–water partition coefficient (Wildman–Crippen LogP) is 4.54. The summed E-state index contributed by atoms with van der Waals surface area (Å²) in [5.41, 5.74) is 0. The molecule has 0 saturated carbocycles. The van der Waals surface area contributed by atoms with Crippen LogP contribution in [0.5, 0.6) is 0 Å². The largest absolute Gasteiger partial charge is 0.462 e. The van der Waals surface area contributed by atoms with E-state index < -0.39 is 55.4 Å². The Morgan fingerprint density at radius 3 is 1.73 bits per heavy atom. The summed E-state index contributed by atoms with van der Waals surface area (Å²) in [4.78, 5) is 24.3. The first-order valence-electron chi connectivity index (χ1n) is 16.0. The molecular weight excluding hydrogens is 580 g/mol. The maximum Gasteiger partial charge on any atom is 0.306 e. The van der Waals surface area contributed by atoms with E-state index in [2.05, 4.69) is 67.7 Å². The van der Waals surface area contributed by atoms with Crippen molar-refractivity contribution in [2.45, 2.75) is 115 Å². The molecule has 6 atom stereocenters. The minimum absolute atomic E-state index is 0.0988. The Labute approximate surface area is 268 Å². The number of carbonyl (C=O) groups is 2. The van der Waals surface area contributed by atoms with E-state index in [4.69, 9.17) is 18.9 Å². The minimum atomic E-state index is -1.61. The highest BCUT2D eigenvalue weighted by Crippen LogP contribution is 2.22. The monoisotopic (exact) mass is 634 g/mol. The van der Waals surface area contributed by atoms with Crippen molar-refractivity contribution in [1.29, 1.82) is 0 Å². The van der Waals surface area contributed by atoms with Crippen molar-refractivity contribution in [3.63, 3.8) is 0 Å². The van der Waals surface area contributed by atoms with Gasteiger partial charge in [-0.15, -0.1) is 0 Å². The first kappa shape index (κ1) is 40.2. The Morgan fingerprint density at radius 1 is 0.689 bits per heavy atom. The maximum atomic E-state index is 12.4. The molecule has 6 unspecified atom stereocenters. The Kier molecular flexibility index (Phi) is 23.5. The third-order valence-corrected chi connectivity index (χ3v) is 6.59. The molecule has 0 spiro atoms. The summed E-state index contributed by atoms with van der Waals surface area (Å²) >= 11 is 0. The lowest BCUT2D eigenvalue weighted by atomic mass is 9.99. The summed E-state index contributed by atoms with van der Waals surface area (Å²) in [6.07, 6.45) is 23.9. The van der Waals surface area contributed by atoms with Crippen LogP contribution in [0.25, 0.3) is 0 Å². The first-order valence-corrected chi connectivity index (χ1v) is 16.0. The average Bonchev–Trinajstić information content (AvgIpc) is 3.03. The highest BCUT2D eigenvalue weighted by atomic mass is 16.7. The Balaban J connectivity index is 2.36. The van der Waals surface area contributed by atoms with Gasteiger partial charge in [-0.25, -0.2) is 0 Å². The molecule has 0 bridgehead atoms. The zero-order valence-corrected chi connectivity index (χ0v) is 26.8. The van der Waals surface area contributed by atoms with E-state index in [0.717, 1.165) is 38.5 Å². The number of hydrogen-bond acceptors (Lipinski definition) is 10. The van der Waals surface area contributed by atoms with Crippen molar-refractivity contribution >= 4 is 11.9 Å². The number of aliphatic hydroxyl groups excluding tert-OH is 4. The van der Waals surface area contributed by atoms with Gasteiger partial charge in [0.05, 0.1) is 13.2 Å². The third-order valence-electron chi connectivity index (χ3n) is 6.59. The predicted molar refractivity (Wildman–Crippen MR) is 173 cm³/mol. The molecule has 0 aromatic heterocycles. The van der Waals surface area contributed by atoms with Gasteiger partial charge in [0.15, 0.2) is 12.4 Å². The molecule has 0 radical (unpaired) electrons. The van der Waals surface area contributed by atoms with Crippen LogP contribution in [0, 0.1) is 0 Å². The topological polar surface area (TPSA) is 152 Å². The lowest BCUT2D eigenvalue weighted by Gasteiger charge is -2.39. The number of esters is 2. The molecule has 1 fully saturated rings. The molecule has 254 valence electrons. The van der Waals surface area contributed by atoms with E-state index in [1.807, 2.05) is 19.1 Å². The van der Waals surface area contributed by atoms with Gasteiger partial charge in [0.25, 0.3) is 0 Å². The van der Waals surface area contributed by atoms with Crippen LogP contribution in [0.1, 0.15) is 78.1 Å². The molecule has 45 heavy (non-hydrogen) atoms. The maximum absolute atomic E-state index is 12.4. The van der Waals surface area contributed by atoms with Crippen molar-refractivity contribution in [2.24, 2.45) is 0 Å². The van der Waals surface area contributed by atoms with E-state index in [1.54, 1.807) is 0 Å². The molecule has 0 amide bonds. The normalized spacial score (nSPS) is 23.4. The van der Waals surface area contributed by atoms with Gasteiger partial charge in [-0.2, -0.15) is 0 Å². The fourth-order valence-electron chi connectivity index (χ4n) is 4.07. The minimum Gasteiger partial charge on any atom is -0.462 e. The van der Waals surface area contributed by atoms with Crippen LogP contribution < -0.4 is 0 Å². The van der Waals surface area contributed by atoms with E-state index >= 15 is 0 Å². The van der Waals surface area contributed by atoms with Crippen LogP contribution in [-0.4, -0.2) is 89.0 Å². The number of allylic oxidation sites excluding steroid dienone is 12. The van der Waals surface area contributed by atoms with Gasteiger partial charge in [0.2, 0.25) is 0 Å². The molecule has 0 aromatic carbocycles. The Bertz CT molecular complexity index is 965. The second-order valence-electron chi connectivity index (χ2n) is 10.5. The van der Waals surface area contributed by atoms with Crippen molar-refractivity contribution in [1.82, 2.24) is 0 Å². The van der Waals surface area contributed by atoms with Gasteiger partial charge < -0.3 is 39.4 Å². The van der Waals surface area contributed by atoms with Crippen molar-refractivity contribution in [2.75, 3.05) is 19.8 Å². The summed E-state index contributed by atoms with van der Waals surface area (Å²) in [6.45, 7) is 2.78. The average molecular weight is 635 g/mol. The van der Waals surface area contributed by atoms with Gasteiger partial charge in [-0.1, -0.05) is 86.8 Å². The van der Waals surface area contributed by atoms with E-state index in [0.29, 0.717) is 12.8 Å². The fourth-order valence-corrected chi connectivity index (χ4v) is 4.07. The van der Waals surface area contributed by atoms with Gasteiger partial charge in [-0.3, -0.25) is 9.59 Å². The number of carbonyl (C=O) groups excluding carboxylic acids is 2. The molecule has 4 N–H and O–H groups in total. The number of ether oxygens (including phenoxy) is 4. The molecule has 1 rings (SSSR count). The molecular formula is C35H54O10. The standard InChI is InChI=1S/C35H54O10/c1-3-5-6-7-8-9-10-11-12-13-14-15-16-17-18-19-20-21-22-24-31(38)44-28(26-42-30(37)23-4-2)27-43-35-34(41)33(40)32(39)29(25-36)45-35/h5-6,8-9,11-12,14-15,17-18,20-21,28-29,32-36,39-41H,3-4,7,10,13,16,19,22-27H2,1-2H3/b6-5-,9-8-,12-11-,15-14-,18-17-,21-20-. The van der Waals surface area contributed by atoms with Crippen LogP contribution in [0.15, 0.2) is 72.9 Å². The van der Waals surface area contributed by atoms with Crippen LogP contribution in [0.4, 0.5) is 0 Å². The number of aliphatic hydroxyl groups is 4. The molecule has 0 aromatic rings. The quantitative estimate of drug-likeness (QED) is 0.0932. The second kappa shape index (κ2) is 26.4. The highest BCUT2D eigenvalue weighted by molar-refractivity contribution is 5.70. The Morgan fingerprint density at radius 2 is 1.22 bits per heavy atom. The third kappa shape index (κ3) is 19.3. The van der Waals surface area contributed by atoms with Crippen molar-refractivity contribution in [3.05, 3.63) is 72.9 Å². The van der Waals surface area contributed by atoms with E-state index in [9.17, 15) is 30.0 Å². The van der Waals surface area contributed by atoms with Crippen molar-refractivity contribution < 1.29 is 49.0 Å². The van der Waals surface area contributed by atoms with E-state index in [1.165, 1.54) is 0 Å². The molecule has 1 aliphatic rings. The molecule has 10 heteroatoms. The summed E-state index contributed by atoms with van der Waals surface area (Å²) in [7, 11) is 0. The second-order valence-corrected chi connectivity index (χ2v) is 10.5. The summed E-state index contributed by atoms with van der Waals surface area (Å²) in [5.74, 6) is -0.979. The first-order chi connectivity index (χ1) is 21.8. The number of hydrogen-bond donors (Lipinski definition) is 4. The van der Waals surface area contributed by atoms with Gasteiger partial charge in [0, 0.05) is 12.8 Å². The fraction of sp³-hybridized carbons (Fsp3) is 0.600. The summed E-state index contributed by atoms with van der Waals surface area (Å²) in [5, 5.41) is 39.4. The zero-order valence-electron chi connectivity index (χ0n) is 26.8. The summed E-state index contributed by atoms with van der Waals surface area (Å²) < 4.78 is 21.4. The van der Waals surface area contributed by atoms with E-state index in [-0.39, 0.29) is 26.1 Å². The smallest absolute Gasteiger partial charge is 0.306 e. The summed E-state index contributed by atoms with van der Waals surface area (Å²) in [6, 6.07) is 0. The highest BCUT2D eigenvalue weighted by Gasteiger charge is 2.44.